The first-order valence-corrected chi connectivity index (χ1v) is 6.48. The molecule has 0 bridgehead atoms. The highest BCUT2D eigenvalue weighted by Crippen LogP contribution is 2.28. The van der Waals surface area contributed by atoms with E-state index in [2.05, 4.69) is 14.7 Å². The molecule has 0 saturated carbocycles. The van der Waals surface area contributed by atoms with Gasteiger partial charge >= 0.3 is 0 Å². The van der Waals surface area contributed by atoms with Gasteiger partial charge in [-0.15, -0.1) is 15.9 Å². The molecule has 18 heavy (non-hydrogen) atoms. The monoisotopic (exact) mass is 291 g/mol. The molecule has 2 N–H and O–H groups in total. The fourth-order valence-corrected chi connectivity index (χ4v) is 2.24. The van der Waals surface area contributed by atoms with Crippen molar-refractivity contribution < 1.29 is 19.4 Å². The number of rotatable bonds is 6. The molecule has 5 nitrogen and oxygen atoms in total. The molecule has 1 rings (SSSR count). The van der Waals surface area contributed by atoms with Crippen LogP contribution in [-0.2, 0) is 14.2 Å². The van der Waals surface area contributed by atoms with Crippen LogP contribution in [0.1, 0.15) is 17.5 Å². The van der Waals surface area contributed by atoms with E-state index in [0.717, 1.165) is 33.8 Å². The normalized spacial score (nSPS) is 10.4. The van der Waals surface area contributed by atoms with E-state index in [4.69, 9.17) is 16.9 Å². The highest BCUT2D eigenvalue weighted by molar-refractivity contribution is 7.94. The number of hydrogen-bond donors (Lipinski definition) is 2. The third-order valence-electron chi connectivity index (χ3n) is 2.25. The van der Waals surface area contributed by atoms with Crippen molar-refractivity contribution in [2.24, 2.45) is 0 Å². The van der Waals surface area contributed by atoms with E-state index in [-0.39, 0.29) is 12.3 Å². The third kappa shape index (κ3) is 4.47. The number of amides is 1. The second-order valence-electron chi connectivity index (χ2n) is 3.65. The van der Waals surface area contributed by atoms with Crippen LogP contribution in [0.2, 0.25) is 0 Å². The molecule has 0 aliphatic rings. The first-order valence-electron chi connectivity index (χ1n) is 5.20. The van der Waals surface area contributed by atoms with E-state index in [0.29, 0.717) is 5.88 Å². The lowest BCUT2D eigenvalue weighted by molar-refractivity contribution is -0.432. The van der Waals surface area contributed by atoms with Crippen molar-refractivity contribution in [3.63, 3.8) is 0 Å². The number of nitrogens with one attached hydrogen (secondary N) is 1. The minimum atomic E-state index is -0.119. The molecule has 0 atom stereocenters. The van der Waals surface area contributed by atoms with Gasteiger partial charge in [0.2, 0.25) is 5.91 Å². The Morgan fingerprint density at radius 3 is 2.56 bits per heavy atom. The second kappa shape index (κ2) is 7.60. The molecule has 0 saturated heterocycles. The maximum absolute atomic E-state index is 11.5. The van der Waals surface area contributed by atoms with Crippen molar-refractivity contribution in [3.8, 4) is 0 Å². The summed E-state index contributed by atoms with van der Waals surface area (Å²) in [4.78, 5) is 12.3. The standard InChI is InChI=1S/C11H14ClNO4S/c1-7-5-9(18-17-16-15)6-8(2)11(7)13-10(14)3-4-12/h5-6,15H,3-4H2,1-2H3,(H,13,14). The number of anilines is 1. The molecule has 0 fully saturated rings. The molecule has 1 aromatic carbocycles. The lowest BCUT2D eigenvalue weighted by Gasteiger charge is -2.12. The first kappa shape index (κ1) is 15.3. The maximum atomic E-state index is 11.5. The Labute approximate surface area is 114 Å². The lowest BCUT2D eigenvalue weighted by atomic mass is 10.1. The van der Waals surface area contributed by atoms with Gasteiger partial charge in [-0.25, -0.2) is 5.26 Å². The molecule has 1 aromatic rings. The minimum Gasteiger partial charge on any atom is -0.326 e. The van der Waals surface area contributed by atoms with Crippen LogP contribution in [0.3, 0.4) is 0 Å². The summed E-state index contributed by atoms with van der Waals surface area (Å²) < 4.78 is 4.36. The number of carbonyl (C=O) groups is 1. The van der Waals surface area contributed by atoms with E-state index >= 15 is 0 Å². The molecule has 1 amide bonds. The zero-order valence-corrected chi connectivity index (χ0v) is 11.6. The maximum Gasteiger partial charge on any atom is 0.225 e. The van der Waals surface area contributed by atoms with Crippen molar-refractivity contribution in [1.29, 1.82) is 0 Å². The second-order valence-corrected chi connectivity index (χ2v) is 4.80. The Bertz CT molecular complexity index is 404. The summed E-state index contributed by atoms with van der Waals surface area (Å²) in [5.74, 6) is 0.172. The van der Waals surface area contributed by atoms with E-state index in [1.54, 1.807) is 0 Å². The summed E-state index contributed by atoms with van der Waals surface area (Å²) in [7, 11) is 0. The summed E-state index contributed by atoms with van der Waals surface area (Å²) in [6.07, 6.45) is 0.276. The van der Waals surface area contributed by atoms with Crippen LogP contribution in [0.5, 0.6) is 0 Å². The molecular weight excluding hydrogens is 278 g/mol. The summed E-state index contributed by atoms with van der Waals surface area (Å²) in [6, 6.07) is 3.62. The first-order chi connectivity index (χ1) is 8.58. The van der Waals surface area contributed by atoms with Gasteiger partial charge in [-0.1, -0.05) is 5.04 Å². The Balaban J connectivity index is 2.83. The van der Waals surface area contributed by atoms with Crippen LogP contribution in [-0.4, -0.2) is 17.0 Å². The molecule has 0 unspecified atom stereocenters. The van der Waals surface area contributed by atoms with Crippen molar-refractivity contribution >= 4 is 35.2 Å². The van der Waals surface area contributed by atoms with Crippen molar-refractivity contribution in [1.82, 2.24) is 0 Å². The number of benzene rings is 1. The molecule has 0 aliphatic heterocycles. The van der Waals surface area contributed by atoms with Crippen molar-refractivity contribution in [3.05, 3.63) is 23.3 Å². The largest absolute Gasteiger partial charge is 0.326 e. The molecule has 100 valence electrons. The van der Waals surface area contributed by atoms with Crippen LogP contribution >= 0.6 is 23.6 Å². The topological polar surface area (TPSA) is 67.8 Å². The van der Waals surface area contributed by atoms with Gasteiger partial charge in [0.15, 0.2) is 0 Å². The van der Waals surface area contributed by atoms with Gasteiger partial charge in [-0.05, 0) is 37.1 Å². The third-order valence-corrected chi connectivity index (χ3v) is 3.00. The fourth-order valence-electron chi connectivity index (χ4n) is 1.51. The average Bonchev–Trinajstić information content (AvgIpc) is 2.31. The number of carbonyl (C=O) groups excluding carboxylic acids is 1. The molecule has 0 radical (unpaired) electrons. The van der Waals surface area contributed by atoms with Gasteiger partial charge in [-0.2, -0.15) is 0 Å². The Hall–Kier alpha value is -0.790. The summed E-state index contributed by atoms with van der Waals surface area (Å²) in [6.45, 7) is 3.74. The van der Waals surface area contributed by atoms with Crippen molar-refractivity contribution in [2.45, 2.75) is 25.2 Å². The number of hydrogen-bond acceptors (Lipinski definition) is 5. The van der Waals surface area contributed by atoms with Crippen LogP contribution in [0.15, 0.2) is 17.0 Å². The smallest absolute Gasteiger partial charge is 0.225 e. The predicted octanol–water partition coefficient (Wildman–Crippen LogP) is 3.30. The highest BCUT2D eigenvalue weighted by Gasteiger charge is 2.09. The van der Waals surface area contributed by atoms with Gasteiger partial charge < -0.3 is 5.32 Å². The van der Waals surface area contributed by atoms with E-state index in [9.17, 15) is 4.79 Å². The molecule has 0 spiro atoms. The Morgan fingerprint density at radius 2 is 2.06 bits per heavy atom. The highest BCUT2D eigenvalue weighted by atomic mass is 35.5. The van der Waals surface area contributed by atoms with Gasteiger partial charge in [-0.3, -0.25) is 4.79 Å². The van der Waals surface area contributed by atoms with Gasteiger partial charge in [0.05, 0.1) is 12.0 Å². The average molecular weight is 292 g/mol. The minimum absolute atomic E-state index is 0.119. The zero-order valence-electron chi connectivity index (χ0n) is 10.0. The Kier molecular flexibility index (Phi) is 6.45. The van der Waals surface area contributed by atoms with E-state index < -0.39 is 0 Å². The zero-order chi connectivity index (χ0) is 13.5. The summed E-state index contributed by atoms with van der Waals surface area (Å²) in [5, 5.41) is 14.4. The van der Waals surface area contributed by atoms with Crippen molar-refractivity contribution in [2.75, 3.05) is 11.2 Å². The predicted molar refractivity (Wildman–Crippen MR) is 70.5 cm³/mol. The van der Waals surface area contributed by atoms with E-state index in [1.807, 2.05) is 26.0 Å². The molecule has 0 aliphatic carbocycles. The molecule has 0 aromatic heterocycles. The van der Waals surface area contributed by atoms with Crippen LogP contribution in [0.4, 0.5) is 5.69 Å². The Morgan fingerprint density at radius 1 is 1.44 bits per heavy atom. The fraction of sp³-hybridized carbons (Fsp3) is 0.364. The van der Waals surface area contributed by atoms with Crippen LogP contribution < -0.4 is 5.32 Å². The van der Waals surface area contributed by atoms with Gasteiger partial charge in [0, 0.05) is 22.9 Å². The van der Waals surface area contributed by atoms with Crippen LogP contribution in [0, 0.1) is 13.8 Å². The summed E-state index contributed by atoms with van der Waals surface area (Å²) >= 11 is 6.39. The van der Waals surface area contributed by atoms with Gasteiger partial charge in [0.25, 0.3) is 0 Å². The lowest BCUT2D eigenvalue weighted by Crippen LogP contribution is -2.13. The molecular formula is C11H14ClNO4S. The number of alkyl halides is 1. The molecule has 0 heterocycles. The van der Waals surface area contributed by atoms with Crippen LogP contribution in [0.25, 0.3) is 0 Å². The molecule has 7 heteroatoms. The quantitative estimate of drug-likeness (QED) is 0.364. The van der Waals surface area contributed by atoms with E-state index in [1.165, 1.54) is 0 Å². The summed E-state index contributed by atoms with van der Waals surface area (Å²) in [5.41, 5.74) is 2.54. The SMILES string of the molecule is Cc1cc(SOOO)cc(C)c1NC(=O)CCCl. The number of aryl methyl sites for hydroxylation is 2. The van der Waals surface area contributed by atoms with Gasteiger partial charge in [0.1, 0.15) is 0 Å². The number of halogens is 1.